The third kappa shape index (κ3) is 3.24. The monoisotopic (exact) mass is 411 g/mol. The molecule has 0 bridgehead atoms. The van der Waals surface area contributed by atoms with Gasteiger partial charge in [0.2, 0.25) is 0 Å². The van der Waals surface area contributed by atoms with Crippen LogP contribution in [0, 0.1) is 11.3 Å². The number of nitrogens with zero attached hydrogens (tertiary/aromatic N) is 1. The molecule has 0 saturated heterocycles. The maximum absolute atomic E-state index is 9.68. The minimum atomic E-state index is 0.124. The zero-order chi connectivity index (χ0) is 14.7. The van der Waals surface area contributed by atoms with Gasteiger partial charge in [-0.3, -0.25) is 0 Å². The first-order chi connectivity index (χ1) is 9.52. The van der Waals surface area contributed by atoms with Crippen LogP contribution in [0.3, 0.4) is 0 Å². The zero-order valence-corrected chi connectivity index (χ0v) is 14.0. The highest BCUT2D eigenvalue weighted by Gasteiger charge is 2.08. The van der Waals surface area contributed by atoms with Gasteiger partial charge in [0.05, 0.1) is 20.6 Å². The number of halogens is 3. The van der Waals surface area contributed by atoms with E-state index in [1.807, 2.05) is 12.1 Å². The Labute approximate surface area is 138 Å². The number of nitriles is 1. The van der Waals surface area contributed by atoms with Crippen molar-refractivity contribution in [2.24, 2.45) is 0 Å². The third-order valence-electron chi connectivity index (χ3n) is 2.63. The lowest BCUT2D eigenvalue weighted by Gasteiger charge is -2.05. The van der Waals surface area contributed by atoms with E-state index in [1.165, 1.54) is 0 Å². The molecule has 0 atom stereocenters. The molecule has 0 aliphatic heterocycles. The molecule has 0 saturated carbocycles. The van der Waals surface area contributed by atoms with Gasteiger partial charge in [-0.15, -0.1) is 0 Å². The summed E-state index contributed by atoms with van der Waals surface area (Å²) < 4.78 is 1.10. The zero-order valence-electron chi connectivity index (χ0n) is 10.1. The highest BCUT2D eigenvalue weighted by Crippen LogP contribution is 2.35. The van der Waals surface area contributed by atoms with Crippen molar-refractivity contribution in [1.29, 1.82) is 5.26 Å². The van der Waals surface area contributed by atoms with E-state index in [-0.39, 0.29) is 5.75 Å². The maximum Gasteiger partial charge on any atom is 0.143 e. The first-order valence-corrected chi connectivity index (χ1v) is 7.54. The minimum Gasteiger partial charge on any atom is -0.506 e. The second-order valence-electron chi connectivity index (χ2n) is 3.98. The fourth-order valence-electron chi connectivity index (χ4n) is 1.69. The standard InChI is InChI=1S/C15H8Br2ClNO/c16-12-6-9(7-13(17)15(12)20)5-10(8-19)11-3-1-2-4-14(11)18/h1-7,20H. The molecule has 2 nitrogen and oxygen atoms in total. The van der Waals surface area contributed by atoms with E-state index < -0.39 is 0 Å². The first-order valence-electron chi connectivity index (χ1n) is 5.57. The number of benzene rings is 2. The first kappa shape index (κ1) is 15.1. The number of phenols is 1. The number of hydrogen-bond acceptors (Lipinski definition) is 2. The van der Waals surface area contributed by atoms with Crippen LogP contribution in [0.4, 0.5) is 0 Å². The summed E-state index contributed by atoms with van der Waals surface area (Å²) >= 11 is 12.6. The quantitative estimate of drug-likeness (QED) is 0.512. The molecule has 0 aliphatic carbocycles. The van der Waals surface area contributed by atoms with E-state index in [2.05, 4.69) is 37.9 Å². The van der Waals surface area contributed by atoms with Gasteiger partial charge >= 0.3 is 0 Å². The van der Waals surface area contributed by atoms with Crippen LogP contribution in [0.15, 0.2) is 45.3 Å². The molecule has 100 valence electrons. The largest absolute Gasteiger partial charge is 0.506 e. The minimum absolute atomic E-state index is 0.124. The Morgan fingerprint density at radius 2 is 1.80 bits per heavy atom. The van der Waals surface area contributed by atoms with Gasteiger partial charge in [0.15, 0.2) is 0 Å². The van der Waals surface area contributed by atoms with E-state index in [4.69, 9.17) is 11.6 Å². The highest BCUT2D eigenvalue weighted by atomic mass is 79.9. The molecule has 0 aliphatic rings. The second-order valence-corrected chi connectivity index (χ2v) is 6.10. The number of hydrogen-bond donors (Lipinski definition) is 1. The Bertz CT molecular complexity index is 712. The van der Waals surface area contributed by atoms with E-state index in [0.717, 1.165) is 5.56 Å². The van der Waals surface area contributed by atoms with Gasteiger partial charge in [0.25, 0.3) is 0 Å². The fraction of sp³-hybridized carbons (Fsp3) is 0. The molecule has 2 aromatic carbocycles. The van der Waals surface area contributed by atoms with Crippen molar-refractivity contribution in [1.82, 2.24) is 0 Å². The van der Waals surface area contributed by atoms with E-state index in [0.29, 0.717) is 25.1 Å². The number of aromatic hydroxyl groups is 1. The highest BCUT2D eigenvalue weighted by molar-refractivity contribution is 9.11. The predicted molar refractivity (Wildman–Crippen MR) is 88.4 cm³/mol. The molecule has 20 heavy (non-hydrogen) atoms. The van der Waals surface area contributed by atoms with Crippen LogP contribution < -0.4 is 0 Å². The van der Waals surface area contributed by atoms with Crippen LogP contribution in [0.2, 0.25) is 5.02 Å². The van der Waals surface area contributed by atoms with Gasteiger partial charge in [0.1, 0.15) is 5.75 Å². The maximum atomic E-state index is 9.68. The smallest absolute Gasteiger partial charge is 0.143 e. The lowest BCUT2D eigenvalue weighted by Crippen LogP contribution is -1.84. The van der Waals surface area contributed by atoms with Crippen LogP contribution in [-0.2, 0) is 0 Å². The molecule has 0 spiro atoms. The number of phenolic OH excluding ortho intramolecular Hbond substituents is 1. The number of rotatable bonds is 2. The second kappa shape index (κ2) is 6.45. The topological polar surface area (TPSA) is 44.0 Å². The summed E-state index contributed by atoms with van der Waals surface area (Å²) in [5, 5.41) is 19.5. The Hall–Kier alpha value is -1.28. The van der Waals surface area contributed by atoms with Crippen molar-refractivity contribution in [3.05, 3.63) is 61.5 Å². The lowest BCUT2D eigenvalue weighted by molar-refractivity contribution is 0.468. The Morgan fingerprint density at radius 1 is 1.20 bits per heavy atom. The fourth-order valence-corrected chi connectivity index (χ4v) is 3.14. The summed E-state index contributed by atoms with van der Waals surface area (Å²) in [6.45, 7) is 0. The van der Waals surface area contributed by atoms with E-state index in [9.17, 15) is 10.4 Å². The summed E-state index contributed by atoms with van der Waals surface area (Å²) in [4.78, 5) is 0. The van der Waals surface area contributed by atoms with E-state index >= 15 is 0 Å². The molecular formula is C15H8Br2ClNO. The van der Waals surface area contributed by atoms with Crippen molar-refractivity contribution >= 4 is 55.1 Å². The van der Waals surface area contributed by atoms with Gasteiger partial charge in [-0.25, -0.2) is 0 Å². The molecule has 0 heterocycles. The molecule has 0 aromatic heterocycles. The van der Waals surface area contributed by atoms with Gasteiger partial charge in [-0.2, -0.15) is 5.26 Å². The van der Waals surface area contributed by atoms with Crippen molar-refractivity contribution in [2.75, 3.05) is 0 Å². The predicted octanol–water partition coefficient (Wildman–Crippen LogP) is 5.63. The van der Waals surface area contributed by atoms with Gasteiger partial charge < -0.3 is 5.11 Å². The molecule has 0 unspecified atom stereocenters. The average Bonchev–Trinajstić information content (AvgIpc) is 2.43. The van der Waals surface area contributed by atoms with Crippen molar-refractivity contribution in [2.45, 2.75) is 0 Å². The normalized spacial score (nSPS) is 11.2. The molecule has 0 fully saturated rings. The van der Waals surface area contributed by atoms with Crippen LogP contribution in [0.1, 0.15) is 11.1 Å². The molecule has 0 amide bonds. The summed E-state index contributed by atoms with van der Waals surface area (Å²) in [5.41, 5.74) is 1.91. The van der Waals surface area contributed by atoms with Crippen molar-refractivity contribution < 1.29 is 5.11 Å². The van der Waals surface area contributed by atoms with Gasteiger partial charge in [-0.1, -0.05) is 29.8 Å². The summed E-state index contributed by atoms with van der Waals surface area (Å²) in [6, 6.07) is 12.8. The Morgan fingerprint density at radius 3 is 2.35 bits per heavy atom. The summed E-state index contributed by atoms with van der Waals surface area (Å²) in [7, 11) is 0. The van der Waals surface area contributed by atoms with E-state index in [1.54, 1.807) is 30.3 Å². The molecular weight excluding hydrogens is 405 g/mol. The van der Waals surface area contributed by atoms with Crippen LogP contribution in [0.5, 0.6) is 5.75 Å². The molecule has 0 radical (unpaired) electrons. The number of allylic oxidation sites excluding steroid dienone is 1. The molecule has 2 aromatic rings. The van der Waals surface area contributed by atoms with Crippen molar-refractivity contribution in [3.63, 3.8) is 0 Å². The summed E-state index contributed by atoms with van der Waals surface area (Å²) in [6.07, 6.45) is 1.72. The van der Waals surface area contributed by atoms with Gasteiger partial charge in [-0.05, 0) is 61.7 Å². The average molecular weight is 413 g/mol. The SMILES string of the molecule is N#CC(=Cc1cc(Br)c(O)c(Br)c1)c1ccccc1Cl. The van der Waals surface area contributed by atoms with Crippen molar-refractivity contribution in [3.8, 4) is 11.8 Å². The van der Waals surface area contributed by atoms with Gasteiger partial charge in [0, 0.05) is 10.6 Å². The lowest BCUT2D eigenvalue weighted by atomic mass is 10.0. The summed E-state index contributed by atoms with van der Waals surface area (Å²) in [5.74, 6) is 0.124. The molecule has 5 heteroatoms. The Kier molecular flexibility index (Phi) is 4.87. The Balaban J connectivity index is 2.53. The third-order valence-corrected chi connectivity index (χ3v) is 4.17. The van der Waals surface area contributed by atoms with Crippen LogP contribution in [0.25, 0.3) is 11.6 Å². The van der Waals surface area contributed by atoms with Crippen LogP contribution in [-0.4, -0.2) is 5.11 Å². The molecule has 1 N–H and O–H groups in total. The molecule has 2 rings (SSSR count). The van der Waals surface area contributed by atoms with Crippen LogP contribution >= 0.6 is 43.5 Å².